The van der Waals surface area contributed by atoms with Crippen molar-refractivity contribution < 1.29 is 4.74 Å². The normalized spacial score (nSPS) is 30.5. The third-order valence-corrected chi connectivity index (χ3v) is 4.96. The van der Waals surface area contributed by atoms with Gasteiger partial charge in [-0.1, -0.05) is 17.8 Å². The van der Waals surface area contributed by atoms with Gasteiger partial charge in [0.2, 0.25) is 0 Å². The van der Waals surface area contributed by atoms with Gasteiger partial charge in [-0.15, -0.1) is 10.2 Å². The number of nitrogens with one attached hydrogen (secondary N) is 1. The molecule has 2 saturated carbocycles. The van der Waals surface area contributed by atoms with Gasteiger partial charge in [0.15, 0.2) is 0 Å². The number of nitrogens with zero attached hydrogens (tertiary/aromatic N) is 2. The highest BCUT2D eigenvalue weighted by Crippen LogP contribution is 2.63. The van der Waals surface area contributed by atoms with Gasteiger partial charge in [0.1, 0.15) is 10.0 Å². The van der Waals surface area contributed by atoms with E-state index in [1.54, 1.807) is 18.4 Å². The highest BCUT2D eigenvalue weighted by atomic mass is 32.1. The third-order valence-electron chi connectivity index (χ3n) is 3.93. The molecule has 1 aromatic heterocycles. The molecule has 0 spiro atoms. The van der Waals surface area contributed by atoms with E-state index in [4.69, 9.17) is 4.74 Å². The van der Waals surface area contributed by atoms with Gasteiger partial charge >= 0.3 is 0 Å². The van der Waals surface area contributed by atoms with Crippen LogP contribution in [0.3, 0.4) is 0 Å². The minimum atomic E-state index is 0.748. The van der Waals surface area contributed by atoms with Gasteiger partial charge < -0.3 is 10.1 Å². The summed E-state index contributed by atoms with van der Waals surface area (Å²) in [5, 5.41) is 14.3. The second kappa shape index (κ2) is 5.00. The van der Waals surface area contributed by atoms with Crippen molar-refractivity contribution >= 4 is 11.3 Å². The maximum Gasteiger partial charge on any atom is 0.131 e. The Kier molecular flexibility index (Phi) is 3.40. The first-order chi connectivity index (χ1) is 8.40. The summed E-state index contributed by atoms with van der Waals surface area (Å²) in [5.74, 6) is 2.64. The van der Waals surface area contributed by atoms with Gasteiger partial charge in [-0.3, -0.25) is 0 Å². The summed E-state index contributed by atoms with van der Waals surface area (Å²) in [7, 11) is 1.72. The molecule has 2 aliphatic carbocycles. The molecule has 1 N–H and O–H groups in total. The molecule has 2 atom stereocenters. The van der Waals surface area contributed by atoms with Crippen LogP contribution in [-0.4, -0.2) is 30.5 Å². The molecule has 0 aliphatic heterocycles. The number of aromatic nitrogens is 2. The van der Waals surface area contributed by atoms with Crippen LogP contribution in [0, 0.1) is 11.8 Å². The van der Waals surface area contributed by atoms with E-state index < -0.39 is 0 Å². The van der Waals surface area contributed by atoms with Crippen LogP contribution in [0.4, 0.5) is 0 Å². The van der Waals surface area contributed by atoms with Crippen molar-refractivity contribution in [1.82, 2.24) is 15.5 Å². The Morgan fingerprint density at radius 3 is 2.94 bits per heavy atom. The lowest BCUT2D eigenvalue weighted by Crippen LogP contribution is -2.18. The molecule has 0 amide bonds. The molecule has 0 radical (unpaired) electrons. The van der Waals surface area contributed by atoms with E-state index in [0.29, 0.717) is 0 Å². The molecule has 3 rings (SSSR count). The van der Waals surface area contributed by atoms with Gasteiger partial charge in [0, 0.05) is 26.1 Å². The van der Waals surface area contributed by atoms with Gasteiger partial charge in [0.05, 0.1) is 6.61 Å². The maximum absolute atomic E-state index is 4.99. The zero-order valence-corrected chi connectivity index (χ0v) is 11.0. The van der Waals surface area contributed by atoms with E-state index >= 15 is 0 Å². The number of methoxy groups -OCH3 is 1. The van der Waals surface area contributed by atoms with E-state index in [0.717, 1.165) is 42.5 Å². The van der Waals surface area contributed by atoms with Crippen LogP contribution in [-0.2, 0) is 11.3 Å². The van der Waals surface area contributed by atoms with Crippen LogP contribution < -0.4 is 5.32 Å². The van der Waals surface area contributed by atoms with E-state index in [-0.39, 0.29) is 0 Å². The van der Waals surface area contributed by atoms with Crippen LogP contribution >= 0.6 is 11.3 Å². The summed E-state index contributed by atoms with van der Waals surface area (Å²) >= 11 is 1.79. The molecule has 4 nitrogen and oxygen atoms in total. The fourth-order valence-corrected chi connectivity index (χ4v) is 4.09. The lowest BCUT2D eigenvalue weighted by atomic mass is 10.2. The molecule has 2 unspecified atom stereocenters. The highest BCUT2D eigenvalue weighted by molar-refractivity contribution is 7.11. The maximum atomic E-state index is 4.99. The SMILES string of the molecule is COCCNCc1nnc(C2C3CCCC32)s1. The Morgan fingerprint density at radius 2 is 2.18 bits per heavy atom. The largest absolute Gasteiger partial charge is 0.383 e. The summed E-state index contributed by atoms with van der Waals surface area (Å²) in [6, 6.07) is 0. The van der Waals surface area contributed by atoms with Gasteiger partial charge in [0.25, 0.3) is 0 Å². The molecular weight excluding hydrogens is 234 g/mol. The van der Waals surface area contributed by atoms with Crippen LogP contribution in [0.1, 0.15) is 35.2 Å². The first kappa shape index (κ1) is 11.6. The van der Waals surface area contributed by atoms with Gasteiger partial charge in [-0.25, -0.2) is 0 Å². The summed E-state index contributed by atoms with van der Waals surface area (Å²) < 4.78 is 4.99. The predicted octanol–water partition coefficient (Wildman–Crippen LogP) is 1.79. The molecule has 94 valence electrons. The first-order valence-electron chi connectivity index (χ1n) is 6.42. The van der Waals surface area contributed by atoms with Crippen molar-refractivity contribution in [2.24, 2.45) is 11.8 Å². The second-order valence-corrected chi connectivity index (χ2v) is 6.08. The second-order valence-electron chi connectivity index (χ2n) is 4.99. The van der Waals surface area contributed by atoms with E-state index in [2.05, 4.69) is 15.5 Å². The van der Waals surface area contributed by atoms with Crippen LogP contribution in [0.2, 0.25) is 0 Å². The molecule has 0 aromatic carbocycles. The summed E-state index contributed by atoms with van der Waals surface area (Å²) in [4.78, 5) is 0. The van der Waals surface area contributed by atoms with Crippen LogP contribution in [0.15, 0.2) is 0 Å². The molecule has 0 saturated heterocycles. The van der Waals surface area contributed by atoms with E-state index in [1.807, 2.05) is 0 Å². The predicted molar refractivity (Wildman–Crippen MR) is 67.1 cm³/mol. The average Bonchev–Trinajstić information content (AvgIpc) is 2.77. The number of hydrogen-bond donors (Lipinski definition) is 1. The Labute approximate surface area is 106 Å². The van der Waals surface area contributed by atoms with Crippen LogP contribution in [0.5, 0.6) is 0 Å². The fourth-order valence-electron chi connectivity index (χ4n) is 3.03. The molecule has 1 heterocycles. The first-order valence-corrected chi connectivity index (χ1v) is 7.23. The van der Waals surface area contributed by atoms with Crippen molar-refractivity contribution in [2.45, 2.75) is 31.7 Å². The quantitative estimate of drug-likeness (QED) is 0.785. The number of fused-ring (bicyclic) bond motifs is 1. The zero-order valence-electron chi connectivity index (χ0n) is 10.2. The molecule has 2 fully saturated rings. The van der Waals surface area contributed by atoms with Crippen molar-refractivity contribution in [1.29, 1.82) is 0 Å². The zero-order chi connectivity index (χ0) is 11.7. The van der Waals surface area contributed by atoms with Gasteiger partial charge in [-0.05, 0) is 24.7 Å². The molecule has 5 heteroatoms. The Balaban J connectivity index is 1.49. The standard InChI is InChI=1S/C12H19N3OS/c1-16-6-5-13-7-10-14-15-12(17-10)11-8-3-2-4-9(8)11/h8-9,11,13H,2-7H2,1H3. The monoisotopic (exact) mass is 253 g/mol. The van der Waals surface area contributed by atoms with Crippen molar-refractivity contribution in [2.75, 3.05) is 20.3 Å². The summed E-state index contributed by atoms with van der Waals surface area (Å²) in [6.07, 6.45) is 4.25. The lowest BCUT2D eigenvalue weighted by molar-refractivity contribution is 0.199. The van der Waals surface area contributed by atoms with E-state index in [1.165, 1.54) is 24.3 Å². The number of hydrogen-bond acceptors (Lipinski definition) is 5. The summed E-state index contributed by atoms with van der Waals surface area (Å²) in [6.45, 7) is 2.45. The highest BCUT2D eigenvalue weighted by Gasteiger charge is 2.54. The van der Waals surface area contributed by atoms with Crippen molar-refractivity contribution in [3.05, 3.63) is 10.0 Å². The molecule has 17 heavy (non-hydrogen) atoms. The van der Waals surface area contributed by atoms with Crippen molar-refractivity contribution in [3.8, 4) is 0 Å². The minimum absolute atomic E-state index is 0.748. The Bertz CT molecular complexity index is 372. The lowest BCUT2D eigenvalue weighted by Gasteiger charge is -1.99. The Morgan fingerprint density at radius 1 is 1.35 bits per heavy atom. The fraction of sp³-hybridized carbons (Fsp3) is 0.833. The third kappa shape index (κ3) is 2.37. The summed E-state index contributed by atoms with van der Waals surface area (Å²) in [5.41, 5.74) is 0. The Hall–Kier alpha value is -0.520. The van der Waals surface area contributed by atoms with E-state index in [9.17, 15) is 0 Å². The number of rotatable bonds is 6. The minimum Gasteiger partial charge on any atom is -0.383 e. The smallest absolute Gasteiger partial charge is 0.131 e. The molecular formula is C12H19N3OS. The van der Waals surface area contributed by atoms with Crippen molar-refractivity contribution in [3.63, 3.8) is 0 Å². The molecule has 0 bridgehead atoms. The molecule has 2 aliphatic rings. The average molecular weight is 253 g/mol. The van der Waals surface area contributed by atoms with Crippen LogP contribution in [0.25, 0.3) is 0 Å². The topological polar surface area (TPSA) is 47.0 Å². The molecule has 1 aromatic rings. The van der Waals surface area contributed by atoms with Gasteiger partial charge in [-0.2, -0.15) is 0 Å². The number of ether oxygens (including phenoxy) is 1.